The molecular weight excluding hydrogens is 284 g/mol. The molecule has 0 saturated heterocycles. The van der Waals surface area contributed by atoms with E-state index in [0.717, 1.165) is 5.56 Å². The fraction of sp³-hybridized carbons (Fsp3) is 0.0909. The number of aromatic nitrogens is 3. The number of carbonyl (C=O) groups excluding carboxylic acids is 1. The molecule has 1 amide bonds. The predicted octanol–water partition coefficient (Wildman–Crippen LogP) is 1.82. The second kappa shape index (κ2) is 5.49. The summed E-state index contributed by atoms with van der Waals surface area (Å²) < 4.78 is 0.628. The summed E-state index contributed by atoms with van der Waals surface area (Å²) in [6.45, 7) is 0. The molecule has 0 spiro atoms. The lowest BCUT2D eigenvalue weighted by molar-refractivity contribution is -0.115. The van der Waals surface area contributed by atoms with Gasteiger partial charge in [0.15, 0.2) is 5.82 Å². The highest BCUT2D eigenvalue weighted by atomic mass is 79.9. The lowest BCUT2D eigenvalue weighted by Crippen LogP contribution is -2.15. The van der Waals surface area contributed by atoms with Crippen LogP contribution in [0.5, 0.6) is 0 Å². The third-order valence-corrected chi connectivity index (χ3v) is 2.38. The van der Waals surface area contributed by atoms with Crippen LogP contribution in [-0.2, 0) is 11.2 Å². The van der Waals surface area contributed by atoms with E-state index in [4.69, 9.17) is 0 Å². The van der Waals surface area contributed by atoms with Crippen LogP contribution in [0.25, 0.3) is 0 Å². The Morgan fingerprint density at radius 1 is 1.29 bits per heavy atom. The van der Waals surface area contributed by atoms with Crippen LogP contribution in [0.15, 0.2) is 41.5 Å². The Kier molecular flexibility index (Phi) is 3.77. The Hall–Kier alpha value is -1.82. The van der Waals surface area contributed by atoms with Gasteiger partial charge in [-0.1, -0.05) is 6.07 Å². The average molecular weight is 293 g/mol. The molecule has 17 heavy (non-hydrogen) atoms. The molecule has 0 aliphatic heterocycles. The summed E-state index contributed by atoms with van der Waals surface area (Å²) in [6.07, 6.45) is 6.62. The molecule has 0 radical (unpaired) electrons. The fourth-order valence-corrected chi connectivity index (χ4v) is 1.46. The summed E-state index contributed by atoms with van der Waals surface area (Å²) in [6, 6.07) is 3.64. The van der Waals surface area contributed by atoms with Gasteiger partial charge in [0.1, 0.15) is 4.60 Å². The largest absolute Gasteiger partial charge is 0.309 e. The first kappa shape index (κ1) is 11.7. The lowest BCUT2D eigenvalue weighted by atomic mass is 10.2. The van der Waals surface area contributed by atoms with Gasteiger partial charge in [0.2, 0.25) is 5.91 Å². The predicted molar refractivity (Wildman–Crippen MR) is 66.3 cm³/mol. The molecule has 2 rings (SSSR count). The van der Waals surface area contributed by atoms with Crippen LogP contribution in [-0.4, -0.2) is 20.9 Å². The molecule has 0 aliphatic carbocycles. The van der Waals surface area contributed by atoms with Gasteiger partial charge in [0, 0.05) is 12.4 Å². The van der Waals surface area contributed by atoms with Gasteiger partial charge < -0.3 is 5.32 Å². The molecule has 0 aromatic carbocycles. The number of nitrogens with one attached hydrogen (secondary N) is 1. The summed E-state index contributed by atoms with van der Waals surface area (Å²) >= 11 is 3.17. The van der Waals surface area contributed by atoms with Crippen LogP contribution in [0.2, 0.25) is 0 Å². The first-order valence-electron chi connectivity index (χ1n) is 4.90. The molecule has 1 N–H and O–H groups in total. The van der Waals surface area contributed by atoms with E-state index in [1.807, 2.05) is 6.07 Å². The van der Waals surface area contributed by atoms with Crippen molar-refractivity contribution in [3.8, 4) is 0 Å². The Morgan fingerprint density at radius 2 is 2.18 bits per heavy atom. The zero-order valence-corrected chi connectivity index (χ0v) is 10.4. The Balaban J connectivity index is 1.96. The van der Waals surface area contributed by atoms with E-state index in [1.165, 1.54) is 12.4 Å². The Morgan fingerprint density at radius 3 is 2.82 bits per heavy atom. The van der Waals surface area contributed by atoms with Crippen molar-refractivity contribution in [2.45, 2.75) is 6.42 Å². The molecule has 0 unspecified atom stereocenters. The summed E-state index contributed by atoms with van der Waals surface area (Å²) in [7, 11) is 0. The van der Waals surface area contributed by atoms with Crippen molar-refractivity contribution in [2.75, 3.05) is 5.32 Å². The van der Waals surface area contributed by atoms with Gasteiger partial charge in [-0.15, -0.1) is 0 Å². The van der Waals surface area contributed by atoms with Crippen molar-refractivity contribution >= 4 is 27.7 Å². The van der Waals surface area contributed by atoms with Crippen molar-refractivity contribution < 1.29 is 4.79 Å². The van der Waals surface area contributed by atoms with Gasteiger partial charge >= 0.3 is 0 Å². The number of carbonyl (C=O) groups is 1. The highest BCUT2D eigenvalue weighted by Crippen LogP contribution is 2.07. The van der Waals surface area contributed by atoms with Crippen molar-refractivity contribution in [1.29, 1.82) is 0 Å². The van der Waals surface area contributed by atoms with Crippen LogP contribution >= 0.6 is 15.9 Å². The van der Waals surface area contributed by atoms with Crippen LogP contribution in [0.4, 0.5) is 5.82 Å². The van der Waals surface area contributed by atoms with Gasteiger partial charge in [-0.2, -0.15) is 0 Å². The molecule has 5 nitrogen and oxygen atoms in total. The molecule has 0 bridgehead atoms. The van der Waals surface area contributed by atoms with Crippen LogP contribution < -0.4 is 5.32 Å². The van der Waals surface area contributed by atoms with E-state index in [9.17, 15) is 4.79 Å². The molecule has 0 saturated carbocycles. The van der Waals surface area contributed by atoms with Gasteiger partial charge in [0.05, 0.1) is 18.8 Å². The average Bonchev–Trinajstić information content (AvgIpc) is 2.33. The lowest BCUT2D eigenvalue weighted by Gasteiger charge is -2.03. The highest BCUT2D eigenvalue weighted by molar-refractivity contribution is 9.10. The molecule has 0 fully saturated rings. The number of hydrogen-bond donors (Lipinski definition) is 1. The van der Waals surface area contributed by atoms with E-state index in [0.29, 0.717) is 10.4 Å². The third-order valence-electron chi connectivity index (χ3n) is 1.98. The minimum absolute atomic E-state index is 0.144. The summed E-state index contributed by atoms with van der Waals surface area (Å²) in [5.41, 5.74) is 0.857. The highest BCUT2D eigenvalue weighted by Gasteiger charge is 2.04. The number of anilines is 1. The number of nitrogens with zero attached hydrogens (tertiary/aromatic N) is 3. The normalized spacial score (nSPS) is 9.94. The van der Waals surface area contributed by atoms with Crippen molar-refractivity contribution in [3.05, 3.63) is 47.1 Å². The number of hydrogen-bond acceptors (Lipinski definition) is 4. The maximum absolute atomic E-state index is 11.6. The molecule has 2 heterocycles. The van der Waals surface area contributed by atoms with Crippen LogP contribution in [0.3, 0.4) is 0 Å². The first-order chi connectivity index (χ1) is 8.24. The van der Waals surface area contributed by atoms with Crippen molar-refractivity contribution in [2.24, 2.45) is 0 Å². The molecule has 0 atom stereocenters. The standard InChI is InChI=1S/C11H9BrN4O/c12-9-6-15-10(7-14-9)16-11(17)4-8-2-1-3-13-5-8/h1-3,5-7H,4H2,(H,15,16,17). The quantitative estimate of drug-likeness (QED) is 0.937. The summed E-state index contributed by atoms with van der Waals surface area (Å²) in [5, 5.41) is 2.66. The minimum atomic E-state index is -0.144. The van der Waals surface area contributed by atoms with Gasteiger partial charge in [-0.3, -0.25) is 9.78 Å². The zero-order chi connectivity index (χ0) is 12.1. The monoisotopic (exact) mass is 292 g/mol. The number of rotatable bonds is 3. The zero-order valence-electron chi connectivity index (χ0n) is 8.80. The maximum Gasteiger partial charge on any atom is 0.230 e. The third kappa shape index (κ3) is 3.60. The van der Waals surface area contributed by atoms with E-state index < -0.39 is 0 Å². The fourth-order valence-electron chi connectivity index (χ4n) is 1.25. The molecule has 86 valence electrons. The number of pyridine rings is 1. The minimum Gasteiger partial charge on any atom is -0.309 e. The summed E-state index contributed by atoms with van der Waals surface area (Å²) in [4.78, 5) is 23.6. The Labute approximate surface area is 106 Å². The van der Waals surface area contributed by atoms with Gasteiger partial charge in [-0.25, -0.2) is 9.97 Å². The van der Waals surface area contributed by atoms with E-state index in [1.54, 1.807) is 18.5 Å². The summed E-state index contributed by atoms with van der Waals surface area (Å²) in [5.74, 6) is 0.289. The molecular formula is C11H9BrN4O. The maximum atomic E-state index is 11.6. The van der Waals surface area contributed by atoms with Gasteiger partial charge in [-0.05, 0) is 27.6 Å². The van der Waals surface area contributed by atoms with E-state index >= 15 is 0 Å². The number of amides is 1. The molecule has 0 aliphatic rings. The van der Waals surface area contributed by atoms with E-state index in [2.05, 4.69) is 36.2 Å². The smallest absolute Gasteiger partial charge is 0.230 e. The molecule has 2 aromatic rings. The van der Waals surface area contributed by atoms with Crippen molar-refractivity contribution in [1.82, 2.24) is 15.0 Å². The van der Waals surface area contributed by atoms with Crippen molar-refractivity contribution in [3.63, 3.8) is 0 Å². The molecule has 6 heteroatoms. The molecule has 2 aromatic heterocycles. The van der Waals surface area contributed by atoms with E-state index in [-0.39, 0.29) is 12.3 Å². The second-order valence-corrected chi connectivity index (χ2v) is 4.12. The Bertz CT molecular complexity index is 501. The van der Waals surface area contributed by atoms with Crippen LogP contribution in [0, 0.1) is 0 Å². The van der Waals surface area contributed by atoms with Gasteiger partial charge in [0.25, 0.3) is 0 Å². The van der Waals surface area contributed by atoms with Crippen LogP contribution in [0.1, 0.15) is 5.56 Å². The topological polar surface area (TPSA) is 67.8 Å². The first-order valence-corrected chi connectivity index (χ1v) is 5.69. The SMILES string of the molecule is O=C(Cc1cccnc1)Nc1cnc(Br)cn1. The number of halogens is 1. The second-order valence-electron chi connectivity index (χ2n) is 3.31.